The van der Waals surface area contributed by atoms with E-state index < -0.39 is 0 Å². The minimum absolute atomic E-state index is 0.0749. The van der Waals surface area contributed by atoms with Crippen LogP contribution in [0.1, 0.15) is 11.1 Å². The van der Waals surface area contributed by atoms with Gasteiger partial charge in [-0.1, -0.05) is 12.1 Å². The van der Waals surface area contributed by atoms with Crippen molar-refractivity contribution in [3.8, 4) is 17.2 Å². The molecule has 0 amide bonds. The summed E-state index contributed by atoms with van der Waals surface area (Å²) in [7, 11) is 0. The van der Waals surface area contributed by atoms with E-state index in [9.17, 15) is 15.3 Å². The molecule has 0 aliphatic carbocycles. The second-order valence-corrected chi connectivity index (χ2v) is 3.97. The van der Waals surface area contributed by atoms with Crippen LogP contribution in [0.5, 0.6) is 17.2 Å². The van der Waals surface area contributed by atoms with Gasteiger partial charge in [0, 0.05) is 11.8 Å². The molecule has 0 spiro atoms. The van der Waals surface area contributed by atoms with Gasteiger partial charge in [-0.25, -0.2) is 0 Å². The number of rotatable bonds is 2. The Kier molecular flexibility index (Phi) is 3.19. The summed E-state index contributed by atoms with van der Waals surface area (Å²) in [6.45, 7) is 1.87. The van der Waals surface area contributed by atoms with Gasteiger partial charge < -0.3 is 15.3 Å². The number of hydrogen-bond acceptors (Lipinski definition) is 4. The molecule has 2 aromatic carbocycles. The van der Waals surface area contributed by atoms with E-state index in [2.05, 4.69) is 4.99 Å². The maximum atomic E-state index is 9.67. The first-order chi connectivity index (χ1) is 8.58. The number of phenolic OH excluding ortho intramolecular Hbond substituents is 3. The van der Waals surface area contributed by atoms with Crippen LogP contribution >= 0.6 is 0 Å². The second kappa shape index (κ2) is 4.79. The molecular weight excluding hydrogens is 230 g/mol. The van der Waals surface area contributed by atoms with Crippen LogP contribution in [-0.2, 0) is 0 Å². The lowest BCUT2D eigenvalue weighted by molar-refractivity contribution is 0.403. The van der Waals surface area contributed by atoms with Crippen molar-refractivity contribution in [2.45, 2.75) is 6.92 Å². The van der Waals surface area contributed by atoms with Crippen molar-refractivity contribution in [1.82, 2.24) is 0 Å². The molecular formula is C14H13NO3. The zero-order valence-electron chi connectivity index (χ0n) is 9.83. The summed E-state index contributed by atoms with van der Waals surface area (Å²) in [5.41, 5.74) is 1.73. The fraction of sp³-hybridized carbons (Fsp3) is 0.0714. The fourth-order valence-corrected chi connectivity index (χ4v) is 1.53. The van der Waals surface area contributed by atoms with Crippen LogP contribution in [0.3, 0.4) is 0 Å². The lowest BCUT2D eigenvalue weighted by Crippen LogP contribution is -1.82. The van der Waals surface area contributed by atoms with Crippen molar-refractivity contribution < 1.29 is 15.3 Å². The molecule has 0 aliphatic heterocycles. The van der Waals surface area contributed by atoms with Crippen molar-refractivity contribution in [2.24, 2.45) is 4.99 Å². The van der Waals surface area contributed by atoms with E-state index in [-0.39, 0.29) is 17.2 Å². The third-order valence-electron chi connectivity index (χ3n) is 2.52. The Labute approximate surface area is 104 Å². The van der Waals surface area contributed by atoms with Gasteiger partial charge in [0.2, 0.25) is 0 Å². The quantitative estimate of drug-likeness (QED) is 0.561. The predicted octanol–water partition coefficient (Wildman–Crippen LogP) is 2.86. The average Bonchev–Trinajstić information content (AvgIpc) is 2.33. The zero-order valence-corrected chi connectivity index (χ0v) is 9.83. The molecule has 0 saturated heterocycles. The normalized spacial score (nSPS) is 10.9. The SMILES string of the molecule is Cc1ccc(N=Cc2cccc(O)c2O)c(O)c1. The first kappa shape index (κ1) is 12.0. The van der Waals surface area contributed by atoms with E-state index in [1.807, 2.05) is 13.0 Å². The van der Waals surface area contributed by atoms with Gasteiger partial charge in [0.1, 0.15) is 11.4 Å². The third-order valence-corrected chi connectivity index (χ3v) is 2.52. The van der Waals surface area contributed by atoms with E-state index >= 15 is 0 Å². The highest BCUT2D eigenvalue weighted by Crippen LogP contribution is 2.29. The molecule has 3 N–H and O–H groups in total. The highest BCUT2D eigenvalue weighted by Gasteiger charge is 2.03. The maximum absolute atomic E-state index is 9.67. The highest BCUT2D eigenvalue weighted by atomic mass is 16.3. The van der Waals surface area contributed by atoms with Crippen LogP contribution in [0.4, 0.5) is 5.69 Å². The Hall–Kier alpha value is -2.49. The molecule has 0 unspecified atom stereocenters. The van der Waals surface area contributed by atoms with Gasteiger partial charge in [-0.15, -0.1) is 0 Å². The third kappa shape index (κ3) is 2.43. The molecule has 0 bridgehead atoms. The van der Waals surface area contributed by atoms with E-state index in [4.69, 9.17) is 0 Å². The van der Waals surface area contributed by atoms with E-state index in [1.165, 1.54) is 12.3 Å². The van der Waals surface area contributed by atoms with Crippen LogP contribution < -0.4 is 0 Å². The predicted molar refractivity (Wildman–Crippen MR) is 69.9 cm³/mol. The molecule has 92 valence electrons. The molecule has 2 rings (SSSR count). The van der Waals surface area contributed by atoms with Crippen LogP contribution in [0.25, 0.3) is 0 Å². The molecule has 2 aromatic rings. The zero-order chi connectivity index (χ0) is 13.1. The van der Waals surface area contributed by atoms with Gasteiger partial charge in [0.25, 0.3) is 0 Å². The minimum Gasteiger partial charge on any atom is -0.506 e. The number of para-hydroxylation sites is 1. The van der Waals surface area contributed by atoms with Crippen molar-refractivity contribution in [3.63, 3.8) is 0 Å². The Bertz CT molecular complexity index is 606. The van der Waals surface area contributed by atoms with Crippen LogP contribution in [0, 0.1) is 6.92 Å². The summed E-state index contributed by atoms with van der Waals surface area (Å²) >= 11 is 0. The Morgan fingerprint density at radius 3 is 2.50 bits per heavy atom. The van der Waals surface area contributed by atoms with Gasteiger partial charge in [0.05, 0.1) is 0 Å². The van der Waals surface area contributed by atoms with Crippen LogP contribution in [0.15, 0.2) is 41.4 Å². The number of aliphatic imine (C=N–C) groups is 1. The molecule has 0 heterocycles. The van der Waals surface area contributed by atoms with Crippen molar-refractivity contribution in [3.05, 3.63) is 47.5 Å². The number of phenols is 3. The maximum Gasteiger partial charge on any atom is 0.166 e. The lowest BCUT2D eigenvalue weighted by atomic mass is 10.2. The van der Waals surface area contributed by atoms with Crippen LogP contribution in [0.2, 0.25) is 0 Å². The van der Waals surface area contributed by atoms with Gasteiger partial charge >= 0.3 is 0 Å². The summed E-state index contributed by atoms with van der Waals surface area (Å²) in [5, 5.41) is 28.6. The molecule has 0 aliphatic rings. The van der Waals surface area contributed by atoms with Crippen molar-refractivity contribution in [2.75, 3.05) is 0 Å². The molecule has 0 fully saturated rings. The average molecular weight is 243 g/mol. The van der Waals surface area contributed by atoms with Gasteiger partial charge in [0.15, 0.2) is 11.5 Å². The van der Waals surface area contributed by atoms with Crippen molar-refractivity contribution in [1.29, 1.82) is 0 Å². The smallest absolute Gasteiger partial charge is 0.166 e. The molecule has 0 radical (unpaired) electrons. The molecule has 4 nitrogen and oxygen atoms in total. The second-order valence-electron chi connectivity index (χ2n) is 3.97. The van der Waals surface area contributed by atoms with Gasteiger partial charge in [-0.3, -0.25) is 4.99 Å². The Balaban J connectivity index is 2.33. The molecule has 0 saturated carbocycles. The minimum atomic E-state index is -0.229. The first-order valence-electron chi connectivity index (χ1n) is 5.42. The number of aromatic hydroxyl groups is 3. The van der Waals surface area contributed by atoms with E-state index in [1.54, 1.807) is 24.3 Å². The number of hydrogen-bond donors (Lipinski definition) is 3. The monoisotopic (exact) mass is 243 g/mol. The number of aryl methyl sites for hydroxylation is 1. The summed E-state index contributed by atoms with van der Waals surface area (Å²) in [5.74, 6) is -0.356. The van der Waals surface area contributed by atoms with E-state index in [0.29, 0.717) is 11.3 Å². The highest BCUT2D eigenvalue weighted by molar-refractivity contribution is 5.87. The van der Waals surface area contributed by atoms with Crippen LogP contribution in [-0.4, -0.2) is 21.5 Å². The van der Waals surface area contributed by atoms with Gasteiger partial charge in [-0.05, 0) is 36.8 Å². The topological polar surface area (TPSA) is 73.1 Å². The molecule has 0 aromatic heterocycles. The standard InChI is InChI=1S/C14H13NO3/c1-9-5-6-11(13(17)7-9)15-8-10-3-2-4-12(16)14(10)18/h2-8,16-18H,1H3. The van der Waals surface area contributed by atoms with Gasteiger partial charge in [-0.2, -0.15) is 0 Å². The molecule has 4 heteroatoms. The Morgan fingerprint density at radius 1 is 1.00 bits per heavy atom. The van der Waals surface area contributed by atoms with E-state index in [0.717, 1.165) is 5.56 Å². The summed E-state index contributed by atoms with van der Waals surface area (Å²) in [4.78, 5) is 4.07. The summed E-state index contributed by atoms with van der Waals surface area (Å²) in [6, 6.07) is 9.72. The molecule has 18 heavy (non-hydrogen) atoms. The largest absolute Gasteiger partial charge is 0.506 e. The molecule has 0 atom stereocenters. The Morgan fingerprint density at radius 2 is 1.78 bits per heavy atom. The summed E-state index contributed by atoms with van der Waals surface area (Å²) < 4.78 is 0. The first-order valence-corrected chi connectivity index (χ1v) is 5.42. The van der Waals surface area contributed by atoms with Crippen molar-refractivity contribution >= 4 is 11.9 Å². The lowest BCUT2D eigenvalue weighted by Gasteiger charge is -2.02. The fourth-order valence-electron chi connectivity index (χ4n) is 1.53. The number of nitrogens with zero attached hydrogens (tertiary/aromatic N) is 1. The summed E-state index contributed by atoms with van der Waals surface area (Å²) in [6.07, 6.45) is 1.39. The number of benzene rings is 2.